The normalized spacial score (nSPS) is 12.3. The maximum absolute atomic E-state index is 11.5. The second-order valence-corrected chi connectivity index (χ2v) is 3.30. The quantitative estimate of drug-likeness (QED) is 0.732. The molecule has 0 bridgehead atoms. The van der Waals surface area contributed by atoms with E-state index < -0.39 is 17.4 Å². The number of aromatic nitrogens is 2. The number of benzene rings is 1. The molecule has 1 heterocycles. The summed E-state index contributed by atoms with van der Waals surface area (Å²) in [5, 5.41) is 0. The van der Waals surface area contributed by atoms with Gasteiger partial charge < -0.3 is 5.73 Å². The first-order valence-electron chi connectivity index (χ1n) is 4.71. The number of nitrogens with one attached hydrogen (secondary N) is 1. The number of nitrogens with zero attached hydrogens (tertiary/aromatic N) is 1. The van der Waals surface area contributed by atoms with Gasteiger partial charge in [-0.1, -0.05) is 24.3 Å². The Kier molecular flexibility index (Phi) is 2.70. The van der Waals surface area contributed by atoms with Gasteiger partial charge in [-0.2, -0.15) is 0 Å². The standard InChI is InChI=1S/C11H10N3O2/c12-10(8-4-2-1-3-5-8)14-7-6-9(15)13-11(14)16/h2-7,10H,12H2,(H,13,15,16). The van der Waals surface area contributed by atoms with E-state index >= 15 is 0 Å². The molecule has 5 heteroatoms. The van der Waals surface area contributed by atoms with Crippen molar-refractivity contribution in [1.29, 1.82) is 0 Å². The van der Waals surface area contributed by atoms with Crippen molar-refractivity contribution in [2.75, 3.05) is 0 Å². The van der Waals surface area contributed by atoms with E-state index in [0.717, 1.165) is 5.56 Å². The summed E-state index contributed by atoms with van der Waals surface area (Å²) in [6.45, 7) is 0. The molecule has 2 rings (SSSR count). The van der Waals surface area contributed by atoms with Crippen molar-refractivity contribution >= 4 is 0 Å². The Morgan fingerprint density at radius 3 is 2.56 bits per heavy atom. The number of rotatable bonds is 2. The van der Waals surface area contributed by atoms with Crippen LogP contribution >= 0.6 is 0 Å². The number of hydrogen-bond donors (Lipinski definition) is 2. The SMILES string of the molecule is NC(c1cc[c]cc1)n1ccc(=O)[nH]c1=O. The van der Waals surface area contributed by atoms with Crippen molar-refractivity contribution in [3.63, 3.8) is 0 Å². The minimum Gasteiger partial charge on any atom is -0.307 e. The summed E-state index contributed by atoms with van der Waals surface area (Å²) < 4.78 is 1.26. The van der Waals surface area contributed by atoms with Crippen LogP contribution in [0.4, 0.5) is 0 Å². The molecule has 0 saturated carbocycles. The van der Waals surface area contributed by atoms with Gasteiger partial charge in [0.2, 0.25) is 0 Å². The molecule has 0 aliphatic carbocycles. The summed E-state index contributed by atoms with van der Waals surface area (Å²) in [6.07, 6.45) is 0.765. The lowest BCUT2D eigenvalue weighted by molar-refractivity contribution is 0.570. The minimum absolute atomic E-state index is 0.435. The number of H-pyrrole nitrogens is 1. The van der Waals surface area contributed by atoms with Gasteiger partial charge in [0.15, 0.2) is 0 Å². The second kappa shape index (κ2) is 4.16. The lowest BCUT2D eigenvalue weighted by atomic mass is 10.2. The molecule has 16 heavy (non-hydrogen) atoms. The van der Waals surface area contributed by atoms with Gasteiger partial charge in [-0.15, -0.1) is 0 Å². The molecule has 0 aliphatic rings. The van der Waals surface area contributed by atoms with Crippen molar-refractivity contribution in [3.8, 4) is 0 Å². The molecule has 1 radical (unpaired) electrons. The Labute approximate surface area is 91.2 Å². The Morgan fingerprint density at radius 2 is 1.94 bits per heavy atom. The number of nitrogens with two attached hydrogens (primary N) is 1. The van der Waals surface area contributed by atoms with Crippen LogP contribution < -0.4 is 17.0 Å². The highest BCUT2D eigenvalue weighted by atomic mass is 16.2. The predicted molar refractivity (Wildman–Crippen MR) is 58.9 cm³/mol. The van der Waals surface area contributed by atoms with Gasteiger partial charge >= 0.3 is 5.69 Å². The third kappa shape index (κ3) is 1.94. The maximum Gasteiger partial charge on any atom is 0.329 e. The molecule has 0 saturated heterocycles. The van der Waals surface area contributed by atoms with E-state index in [1.165, 1.54) is 16.8 Å². The topological polar surface area (TPSA) is 80.9 Å². The molecular formula is C11H10N3O2. The number of aromatic amines is 1. The first-order valence-corrected chi connectivity index (χ1v) is 4.71. The molecule has 0 amide bonds. The number of hydrogen-bond acceptors (Lipinski definition) is 3. The molecular weight excluding hydrogens is 206 g/mol. The van der Waals surface area contributed by atoms with Gasteiger partial charge in [0.05, 0.1) is 0 Å². The highest BCUT2D eigenvalue weighted by Gasteiger charge is 2.08. The van der Waals surface area contributed by atoms with Gasteiger partial charge in [-0.3, -0.25) is 14.3 Å². The molecule has 0 fully saturated rings. The van der Waals surface area contributed by atoms with Crippen LogP contribution in [0.25, 0.3) is 0 Å². The minimum atomic E-state index is -0.612. The fourth-order valence-corrected chi connectivity index (χ4v) is 1.40. The van der Waals surface area contributed by atoms with Gasteiger partial charge in [0.1, 0.15) is 6.17 Å². The van der Waals surface area contributed by atoms with E-state index in [1.807, 2.05) is 0 Å². The molecule has 0 aliphatic heterocycles. The van der Waals surface area contributed by atoms with Crippen LogP contribution in [0.2, 0.25) is 0 Å². The van der Waals surface area contributed by atoms with E-state index in [-0.39, 0.29) is 0 Å². The molecule has 1 unspecified atom stereocenters. The zero-order valence-electron chi connectivity index (χ0n) is 8.38. The van der Waals surface area contributed by atoms with E-state index in [1.54, 1.807) is 24.3 Å². The van der Waals surface area contributed by atoms with Crippen molar-refractivity contribution in [2.45, 2.75) is 6.17 Å². The Morgan fingerprint density at radius 1 is 1.25 bits per heavy atom. The zero-order valence-corrected chi connectivity index (χ0v) is 8.38. The monoisotopic (exact) mass is 216 g/mol. The Balaban J connectivity index is 2.46. The maximum atomic E-state index is 11.5. The highest BCUT2D eigenvalue weighted by molar-refractivity contribution is 5.18. The molecule has 1 aromatic carbocycles. The van der Waals surface area contributed by atoms with Crippen LogP contribution in [0.1, 0.15) is 11.7 Å². The third-order valence-electron chi connectivity index (χ3n) is 2.24. The van der Waals surface area contributed by atoms with Gasteiger partial charge in [-0.05, 0) is 11.6 Å². The van der Waals surface area contributed by atoms with E-state index in [4.69, 9.17) is 5.73 Å². The first kappa shape index (κ1) is 10.4. The molecule has 81 valence electrons. The summed E-state index contributed by atoms with van der Waals surface area (Å²) in [5.41, 5.74) is 5.71. The van der Waals surface area contributed by atoms with Crippen LogP contribution in [0.15, 0.2) is 46.1 Å². The summed E-state index contributed by atoms with van der Waals surface area (Å²) in [4.78, 5) is 24.5. The summed E-state index contributed by atoms with van der Waals surface area (Å²) in [6, 6.07) is 11.1. The van der Waals surface area contributed by atoms with Crippen molar-refractivity contribution in [2.24, 2.45) is 5.73 Å². The molecule has 0 spiro atoms. The third-order valence-corrected chi connectivity index (χ3v) is 2.24. The molecule has 2 aromatic rings. The molecule has 1 atom stereocenters. The summed E-state index contributed by atoms with van der Waals surface area (Å²) in [5.74, 6) is 0. The van der Waals surface area contributed by atoms with Gasteiger partial charge in [0.25, 0.3) is 5.56 Å². The van der Waals surface area contributed by atoms with Crippen LogP contribution in [0, 0.1) is 6.07 Å². The summed E-state index contributed by atoms with van der Waals surface area (Å²) in [7, 11) is 0. The van der Waals surface area contributed by atoms with E-state index in [0.29, 0.717) is 0 Å². The van der Waals surface area contributed by atoms with Gasteiger partial charge in [-0.25, -0.2) is 4.79 Å². The molecule has 5 nitrogen and oxygen atoms in total. The van der Waals surface area contributed by atoms with Gasteiger partial charge in [0, 0.05) is 12.3 Å². The lowest BCUT2D eigenvalue weighted by Crippen LogP contribution is -2.35. The Hall–Kier alpha value is -2.14. The smallest absolute Gasteiger partial charge is 0.307 e. The fourth-order valence-electron chi connectivity index (χ4n) is 1.40. The van der Waals surface area contributed by atoms with Crippen LogP contribution in [0.5, 0.6) is 0 Å². The van der Waals surface area contributed by atoms with E-state index in [9.17, 15) is 9.59 Å². The van der Waals surface area contributed by atoms with Crippen LogP contribution in [-0.4, -0.2) is 9.55 Å². The van der Waals surface area contributed by atoms with Crippen molar-refractivity contribution < 1.29 is 0 Å². The Bertz CT molecular complexity index is 586. The lowest BCUT2D eigenvalue weighted by Gasteiger charge is -2.14. The average Bonchev–Trinajstić information content (AvgIpc) is 2.29. The van der Waals surface area contributed by atoms with Crippen LogP contribution in [-0.2, 0) is 0 Å². The average molecular weight is 216 g/mol. The molecule has 3 N–H and O–H groups in total. The zero-order chi connectivity index (χ0) is 11.5. The largest absolute Gasteiger partial charge is 0.329 e. The first-order chi connectivity index (χ1) is 7.68. The summed E-state index contributed by atoms with van der Waals surface area (Å²) >= 11 is 0. The van der Waals surface area contributed by atoms with Crippen molar-refractivity contribution in [3.05, 3.63) is 69.0 Å². The van der Waals surface area contributed by atoms with E-state index in [2.05, 4.69) is 11.1 Å². The highest BCUT2D eigenvalue weighted by Crippen LogP contribution is 2.08. The predicted octanol–water partition coefficient (Wildman–Crippen LogP) is -0.158. The second-order valence-electron chi connectivity index (χ2n) is 3.30. The molecule has 1 aromatic heterocycles. The van der Waals surface area contributed by atoms with Crippen LogP contribution in [0.3, 0.4) is 0 Å². The van der Waals surface area contributed by atoms with Crippen molar-refractivity contribution in [1.82, 2.24) is 9.55 Å². The fraction of sp³-hybridized carbons (Fsp3) is 0.0909.